The normalized spacial score (nSPS) is 24.6. The summed E-state index contributed by atoms with van der Waals surface area (Å²) in [6, 6.07) is 0.729. The third-order valence-corrected chi connectivity index (χ3v) is 5.16. The van der Waals surface area contributed by atoms with Crippen LogP contribution in [0, 0.1) is 5.92 Å². The molecular formula is C14H23N3OS. The summed E-state index contributed by atoms with van der Waals surface area (Å²) in [6.07, 6.45) is 5.00. The minimum absolute atomic E-state index is 0.323. The Hall–Kier alpha value is -0.650. The van der Waals surface area contributed by atoms with Crippen LogP contribution < -0.4 is 4.90 Å². The predicted molar refractivity (Wildman–Crippen MR) is 78.6 cm³/mol. The summed E-state index contributed by atoms with van der Waals surface area (Å²) in [5.74, 6) is 0.459. The van der Waals surface area contributed by atoms with E-state index in [2.05, 4.69) is 22.2 Å². The quantitative estimate of drug-likeness (QED) is 0.895. The molecule has 19 heavy (non-hydrogen) atoms. The van der Waals surface area contributed by atoms with Crippen molar-refractivity contribution in [3.8, 4) is 0 Å². The van der Waals surface area contributed by atoms with Gasteiger partial charge in [0, 0.05) is 38.2 Å². The molecule has 0 spiro atoms. The van der Waals surface area contributed by atoms with Crippen LogP contribution in [0.25, 0.3) is 0 Å². The molecule has 0 aromatic carbocycles. The van der Waals surface area contributed by atoms with Crippen LogP contribution in [0.2, 0.25) is 0 Å². The smallest absolute Gasteiger partial charge is 0.185 e. The van der Waals surface area contributed by atoms with Crippen molar-refractivity contribution >= 4 is 16.5 Å². The molecule has 3 rings (SSSR count). The lowest BCUT2D eigenvalue weighted by atomic mass is 9.99. The first-order valence-corrected chi connectivity index (χ1v) is 8.14. The fraction of sp³-hybridized carbons (Fsp3) is 0.786. The van der Waals surface area contributed by atoms with Gasteiger partial charge in [-0.25, -0.2) is 4.98 Å². The molecule has 1 aromatic rings. The van der Waals surface area contributed by atoms with E-state index in [4.69, 9.17) is 4.98 Å². The van der Waals surface area contributed by atoms with Crippen molar-refractivity contribution < 1.29 is 5.11 Å². The van der Waals surface area contributed by atoms with Crippen molar-refractivity contribution in [2.24, 2.45) is 5.92 Å². The van der Waals surface area contributed by atoms with E-state index in [1.54, 1.807) is 11.3 Å². The molecule has 0 bridgehead atoms. The highest BCUT2D eigenvalue weighted by Gasteiger charge is 2.28. The number of hydrogen-bond donors (Lipinski definition) is 1. The van der Waals surface area contributed by atoms with Gasteiger partial charge in [0.25, 0.3) is 0 Å². The van der Waals surface area contributed by atoms with E-state index in [9.17, 15) is 5.11 Å². The van der Waals surface area contributed by atoms with Crippen molar-refractivity contribution in [1.82, 2.24) is 9.88 Å². The van der Waals surface area contributed by atoms with Gasteiger partial charge in [-0.2, -0.15) is 0 Å². The zero-order valence-electron chi connectivity index (χ0n) is 11.6. The third-order valence-electron chi connectivity index (χ3n) is 4.18. The second kappa shape index (κ2) is 5.77. The van der Waals surface area contributed by atoms with Gasteiger partial charge in [-0.3, -0.25) is 4.90 Å². The standard InChI is InChI=1S/C14H23N3OS/c1-16(13-4-5-13)14-15-12(10-19-14)8-17-6-2-3-11(7-17)9-18/h10-11,13,18H,2-9H2,1H3. The lowest BCUT2D eigenvalue weighted by Crippen LogP contribution is -2.36. The maximum atomic E-state index is 9.27. The number of rotatable bonds is 5. The highest BCUT2D eigenvalue weighted by atomic mass is 32.1. The monoisotopic (exact) mass is 281 g/mol. The molecule has 1 atom stereocenters. The number of aliphatic hydroxyl groups excluding tert-OH is 1. The summed E-state index contributed by atoms with van der Waals surface area (Å²) in [5.41, 5.74) is 1.19. The second-order valence-electron chi connectivity index (χ2n) is 5.89. The van der Waals surface area contributed by atoms with Crippen molar-refractivity contribution in [1.29, 1.82) is 0 Å². The van der Waals surface area contributed by atoms with Gasteiger partial charge in [0.05, 0.1) is 5.69 Å². The van der Waals surface area contributed by atoms with Crippen LogP contribution in [0.3, 0.4) is 0 Å². The summed E-state index contributed by atoms with van der Waals surface area (Å²) in [7, 11) is 2.16. The van der Waals surface area contributed by atoms with Crippen LogP contribution in [0.5, 0.6) is 0 Å². The van der Waals surface area contributed by atoms with E-state index >= 15 is 0 Å². The third kappa shape index (κ3) is 3.27. The zero-order chi connectivity index (χ0) is 13.2. The highest BCUT2D eigenvalue weighted by Crippen LogP contribution is 2.32. The Labute approximate surface area is 119 Å². The van der Waals surface area contributed by atoms with Gasteiger partial charge in [-0.1, -0.05) is 0 Å². The second-order valence-corrected chi connectivity index (χ2v) is 6.73. The van der Waals surface area contributed by atoms with Gasteiger partial charge < -0.3 is 10.0 Å². The molecule has 1 aliphatic heterocycles. The Morgan fingerprint density at radius 2 is 2.32 bits per heavy atom. The average molecular weight is 281 g/mol. The van der Waals surface area contributed by atoms with Crippen LogP contribution in [0.15, 0.2) is 5.38 Å². The number of likely N-dealkylation sites (tertiary alicyclic amines) is 1. The number of aliphatic hydroxyl groups is 1. The predicted octanol–water partition coefficient (Wildman–Crippen LogP) is 1.95. The molecule has 0 radical (unpaired) electrons. The van der Waals surface area contributed by atoms with Gasteiger partial charge in [-0.15, -0.1) is 11.3 Å². The van der Waals surface area contributed by atoms with Gasteiger partial charge in [0.1, 0.15) is 0 Å². The summed E-state index contributed by atoms with van der Waals surface area (Å²) >= 11 is 1.76. The van der Waals surface area contributed by atoms with Crippen molar-refractivity contribution in [2.45, 2.75) is 38.3 Å². The van der Waals surface area contributed by atoms with E-state index in [1.165, 1.54) is 31.4 Å². The average Bonchev–Trinajstić information content (AvgIpc) is 3.19. The summed E-state index contributed by atoms with van der Waals surface area (Å²) < 4.78 is 0. The molecule has 1 aliphatic carbocycles. The molecule has 2 heterocycles. The van der Waals surface area contributed by atoms with Crippen LogP contribution in [-0.4, -0.2) is 47.8 Å². The minimum atomic E-state index is 0.323. The number of aromatic nitrogens is 1. The molecule has 1 saturated heterocycles. The van der Waals surface area contributed by atoms with E-state index < -0.39 is 0 Å². The molecule has 0 amide bonds. The van der Waals surface area contributed by atoms with Crippen molar-refractivity contribution in [2.75, 3.05) is 31.6 Å². The largest absolute Gasteiger partial charge is 0.396 e. The zero-order valence-corrected chi connectivity index (χ0v) is 12.4. The van der Waals surface area contributed by atoms with Gasteiger partial charge in [0.15, 0.2) is 5.13 Å². The lowest BCUT2D eigenvalue weighted by Gasteiger charge is -2.31. The fourth-order valence-corrected chi connectivity index (χ4v) is 3.68. The molecule has 1 N–H and O–H groups in total. The number of hydrogen-bond acceptors (Lipinski definition) is 5. The van der Waals surface area contributed by atoms with Gasteiger partial charge in [-0.05, 0) is 38.1 Å². The minimum Gasteiger partial charge on any atom is -0.396 e. The summed E-state index contributed by atoms with van der Waals surface area (Å²) in [6.45, 7) is 3.42. The first kappa shape index (κ1) is 13.3. The number of nitrogens with zero attached hydrogens (tertiary/aromatic N) is 3. The van der Waals surface area contributed by atoms with E-state index in [-0.39, 0.29) is 0 Å². The first-order valence-electron chi connectivity index (χ1n) is 7.26. The molecule has 1 saturated carbocycles. The number of thiazole rings is 1. The molecule has 2 aliphatic rings. The van der Waals surface area contributed by atoms with Crippen LogP contribution in [-0.2, 0) is 6.54 Å². The van der Waals surface area contributed by atoms with E-state index in [0.29, 0.717) is 12.5 Å². The topological polar surface area (TPSA) is 39.6 Å². The Bertz CT molecular complexity index is 419. The SMILES string of the molecule is CN(c1nc(CN2CCCC(CO)C2)cs1)C1CC1. The Morgan fingerprint density at radius 1 is 1.47 bits per heavy atom. The molecule has 4 nitrogen and oxygen atoms in total. The van der Waals surface area contributed by atoms with E-state index in [1.807, 2.05) is 0 Å². The maximum absolute atomic E-state index is 9.27. The lowest BCUT2D eigenvalue weighted by molar-refractivity contribution is 0.115. The van der Waals surface area contributed by atoms with Gasteiger partial charge in [0.2, 0.25) is 0 Å². The van der Waals surface area contributed by atoms with Crippen LogP contribution >= 0.6 is 11.3 Å². The number of piperidine rings is 1. The summed E-state index contributed by atoms with van der Waals surface area (Å²) in [5, 5.41) is 12.6. The highest BCUT2D eigenvalue weighted by molar-refractivity contribution is 7.13. The molecule has 2 fully saturated rings. The summed E-state index contributed by atoms with van der Waals surface area (Å²) in [4.78, 5) is 9.51. The molecular weight excluding hydrogens is 258 g/mol. The van der Waals surface area contributed by atoms with Crippen molar-refractivity contribution in [3.05, 3.63) is 11.1 Å². The van der Waals surface area contributed by atoms with Crippen LogP contribution in [0.1, 0.15) is 31.4 Å². The van der Waals surface area contributed by atoms with Crippen LogP contribution in [0.4, 0.5) is 5.13 Å². The first-order chi connectivity index (χ1) is 9.26. The number of anilines is 1. The van der Waals surface area contributed by atoms with Crippen molar-refractivity contribution in [3.63, 3.8) is 0 Å². The molecule has 106 valence electrons. The molecule has 5 heteroatoms. The molecule has 1 unspecified atom stereocenters. The van der Waals surface area contributed by atoms with E-state index in [0.717, 1.165) is 30.8 Å². The Kier molecular flexibility index (Phi) is 4.05. The Morgan fingerprint density at radius 3 is 3.05 bits per heavy atom. The van der Waals surface area contributed by atoms with Gasteiger partial charge >= 0.3 is 0 Å². The Balaban J connectivity index is 1.57. The maximum Gasteiger partial charge on any atom is 0.185 e. The fourth-order valence-electron chi connectivity index (χ4n) is 2.82. The molecule has 1 aromatic heterocycles.